The van der Waals surface area contributed by atoms with Crippen molar-refractivity contribution in [2.24, 2.45) is 14.1 Å². The van der Waals surface area contributed by atoms with Crippen LogP contribution in [0.1, 0.15) is 42.7 Å². The molecule has 1 fully saturated rings. The van der Waals surface area contributed by atoms with Gasteiger partial charge < -0.3 is 5.32 Å². The Morgan fingerprint density at radius 3 is 2.69 bits per heavy atom. The monoisotopic (exact) mass is 222 g/mol. The number of nitrogens with one attached hydrogen (secondary N) is 1. The molecule has 1 N–H and O–H groups in total. The van der Waals surface area contributed by atoms with Crippen molar-refractivity contribution in [2.75, 3.05) is 0 Å². The highest BCUT2D eigenvalue weighted by molar-refractivity contribution is 5.89. The number of aromatic nitrogens is 2. The fourth-order valence-electron chi connectivity index (χ4n) is 2.41. The topological polar surface area (TPSA) is 37.9 Å². The first-order chi connectivity index (χ1) is 7.68. The molecule has 1 heterocycles. The lowest BCUT2D eigenvalue weighted by molar-refractivity contribution is -0.673. The Kier molecular flexibility index (Phi) is 3.27. The summed E-state index contributed by atoms with van der Waals surface area (Å²) in [5.41, 5.74) is 0. The number of aryl methyl sites for hydroxylation is 2. The van der Waals surface area contributed by atoms with Crippen molar-refractivity contribution >= 4 is 5.91 Å². The maximum Gasteiger partial charge on any atom is 0.347 e. The van der Waals surface area contributed by atoms with Gasteiger partial charge in [0.2, 0.25) is 0 Å². The molecule has 16 heavy (non-hydrogen) atoms. The fourth-order valence-corrected chi connectivity index (χ4v) is 2.41. The number of imidazole rings is 1. The number of hydrogen-bond donors (Lipinski definition) is 1. The molecular weight excluding hydrogens is 202 g/mol. The number of carbonyl (C=O) groups excluding carboxylic acids is 1. The number of amides is 1. The number of rotatable bonds is 2. The second-order valence-corrected chi connectivity index (χ2v) is 4.65. The van der Waals surface area contributed by atoms with Crippen LogP contribution >= 0.6 is 0 Å². The Labute approximate surface area is 96.3 Å². The van der Waals surface area contributed by atoms with E-state index >= 15 is 0 Å². The molecule has 1 aliphatic rings. The van der Waals surface area contributed by atoms with E-state index in [2.05, 4.69) is 5.32 Å². The lowest BCUT2D eigenvalue weighted by atomic mass is 9.95. The van der Waals surface area contributed by atoms with Gasteiger partial charge in [0.1, 0.15) is 12.4 Å². The molecule has 1 amide bonds. The molecule has 0 spiro atoms. The van der Waals surface area contributed by atoms with Gasteiger partial charge in [0, 0.05) is 6.04 Å². The first-order valence-electron chi connectivity index (χ1n) is 6.00. The largest absolute Gasteiger partial charge is 0.347 e. The molecule has 1 aromatic rings. The summed E-state index contributed by atoms with van der Waals surface area (Å²) < 4.78 is 3.72. The normalized spacial score (nSPS) is 17.4. The van der Waals surface area contributed by atoms with Gasteiger partial charge in [-0.15, -0.1) is 0 Å². The van der Waals surface area contributed by atoms with E-state index in [4.69, 9.17) is 0 Å². The van der Waals surface area contributed by atoms with Gasteiger partial charge in [-0.2, -0.15) is 0 Å². The molecule has 4 nitrogen and oxygen atoms in total. The van der Waals surface area contributed by atoms with Crippen LogP contribution in [0.5, 0.6) is 0 Å². The summed E-state index contributed by atoms with van der Waals surface area (Å²) in [4.78, 5) is 12.1. The molecule has 0 unspecified atom stereocenters. The van der Waals surface area contributed by atoms with E-state index in [0.717, 1.165) is 12.8 Å². The van der Waals surface area contributed by atoms with Crippen LogP contribution in [-0.4, -0.2) is 16.5 Å². The van der Waals surface area contributed by atoms with Crippen LogP contribution < -0.4 is 9.88 Å². The quantitative estimate of drug-likeness (QED) is 0.742. The molecule has 88 valence electrons. The second kappa shape index (κ2) is 4.68. The number of carbonyl (C=O) groups is 1. The van der Waals surface area contributed by atoms with Crippen LogP contribution in [0.15, 0.2) is 12.4 Å². The summed E-state index contributed by atoms with van der Waals surface area (Å²) in [6.45, 7) is 0. The van der Waals surface area contributed by atoms with E-state index in [1.165, 1.54) is 19.3 Å². The van der Waals surface area contributed by atoms with E-state index in [9.17, 15) is 4.79 Å². The lowest BCUT2D eigenvalue weighted by Gasteiger charge is -2.21. The molecule has 0 aliphatic heterocycles. The molecule has 0 saturated heterocycles. The minimum Gasteiger partial charge on any atom is -0.343 e. The van der Waals surface area contributed by atoms with Crippen LogP contribution in [0, 0.1) is 0 Å². The van der Waals surface area contributed by atoms with Crippen LogP contribution in [0.3, 0.4) is 0 Å². The Bertz CT molecular complexity index is 358. The average molecular weight is 222 g/mol. The van der Waals surface area contributed by atoms with Gasteiger partial charge in [0.25, 0.3) is 0 Å². The van der Waals surface area contributed by atoms with Gasteiger partial charge in [-0.1, -0.05) is 19.3 Å². The standard InChI is InChI=1S/C12H19N3O/c1-14-8-9-15(2)12(14)11(16)13-10-6-4-3-5-7-10/h8-10H,3-7H2,1-2H3/p+1. The Morgan fingerprint density at radius 1 is 1.44 bits per heavy atom. The van der Waals surface area contributed by atoms with Crippen LogP contribution in [0.2, 0.25) is 0 Å². The van der Waals surface area contributed by atoms with Crippen LogP contribution in [0.25, 0.3) is 0 Å². The van der Waals surface area contributed by atoms with Crippen molar-refractivity contribution in [2.45, 2.75) is 38.1 Å². The van der Waals surface area contributed by atoms with Crippen molar-refractivity contribution in [3.05, 3.63) is 18.2 Å². The van der Waals surface area contributed by atoms with Gasteiger partial charge in [0.15, 0.2) is 0 Å². The first kappa shape index (κ1) is 11.2. The Hall–Kier alpha value is -1.32. The van der Waals surface area contributed by atoms with E-state index in [-0.39, 0.29) is 5.91 Å². The summed E-state index contributed by atoms with van der Waals surface area (Å²) in [6.07, 6.45) is 9.84. The fraction of sp³-hybridized carbons (Fsp3) is 0.667. The van der Waals surface area contributed by atoms with Gasteiger partial charge in [-0.3, -0.25) is 4.79 Å². The zero-order chi connectivity index (χ0) is 11.5. The highest BCUT2D eigenvalue weighted by Crippen LogP contribution is 2.17. The zero-order valence-electron chi connectivity index (χ0n) is 10.1. The van der Waals surface area contributed by atoms with E-state index < -0.39 is 0 Å². The van der Waals surface area contributed by atoms with Crippen LogP contribution in [-0.2, 0) is 14.1 Å². The minimum absolute atomic E-state index is 0.0434. The highest BCUT2D eigenvalue weighted by Gasteiger charge is 2.24. The first-order valence-corrected chi connectivity index (χ1v) is 6.00. The third-order valence-electron chi connectivity index (χ3n) is 3.33. The van der Waals surface area contributed by atoms with Gasteiger partial charge in [-0.05, 0) is 12.8 Å². The smallest absolute Gasteiger partial charge is 0.343 e. The predicted molar refractivity (Wildman–Crippen MR) is 60.9 cm³/mol. The van der Waals surface area contributed by atoms with Gasteiger partial charge in [0.05, 0.1) is 14.1 Å². The summed E-state index contributed by atoms with van der Waals surface area (Å²) >= 11 is 0. The highest BCUT2D eigenvalue weighted by atomic mass is 16.2. The third-order valence-corrected chi connectivity index (χ3v) is 3.33. The third kappa shape index (κ3) is 2.26. The molecule has 0 atom stereocenters. The molecule has 0 radical (unpaired) electrons. The summed E-state index contributed by atoms with van der Waals surface area (Å²) in [6, 6.07) is 0.371. The molecule has 1 aromatic heterocycles. The summed E-state index contributed by atoms with van der Waals surface area (Å²) in [5, 5.41) is 3.12. The second-order valence-electron chi connectivity index (χ2n) is 4.65. The lowest BCUT2D eigenvalue weighted by Crippen LogP contribution is -2.44. The van der Waals surface area contributed by atoms with Crippen molar-refractivity contribution in [3.8, 4) is 0 Å². The average Bonchev–Trinajstić information content (AvgIpc) is 2.60. The molecule has 0 bridgehead atoms. The Balaban J connectivity index is 2.02. The molecule has 2 rings (SSSR count). The van der Waals surface area contributed by atoms with Gasteiger partial charge in [-0.25, -0.2) is 9.13 Å². The molecule has 1 saturated carbocycles. The van der Waals surface area contributed by atoms with E-state index in [0.29, 0.717) is 11.9 Å². The SMILES string of the molecule is Cn1cc[n+](C)c1C(=O)NC1CCCCC1. The van der Waals surface area contributed by atoms with E-state index in [1.807, 2.05) is 35.6 Å². The van der Waals surface area contributed by atoms with Crippen LogP contribution in [0.4, 0.5) is 0 Å². The number of hydrogen-bond acceptors (Lipinski definition) is 1. The molecule has 1 aliphatic carbocycles. The van der Waals surface area contributed by atoms with Gasteiger partial charge >= 0.3 is 11.7 Å². The zero-order valence-corrected chi connectivity index (χ0v) is 10.1. The maximum absolute atomic E-state index is 12.1. The molecule has 4 heteroatoms. The predicted octanol–water partition coefficient (Wildman–Crippen LogP) is 0.912. The molecular formula is C12H20N3O+. The van der Waals surface area contributed by atoms with Crippen molar-refractivity contribution in [1.29, 1.82) is 0 Å². The van der Waals surface area contributed by atoms with Crippen molar-refractivity contribution < 1.29 is 9.36 Å². The molecule has 0 aromatic carbocycles. The summed E-state index contributed by atoms with van der Waals surface area (Å²) in [5.74, 6) is 0.757. The maximum atomic E-state index is 12.1. The van der Waals surface area contributed by atoms with Crippen molar-refractivity contribution in [3.63, 3.8) is 0 Å². The Morgan fingerprint density at radius 2 is 2.12 bits per heavy atom. The van der Waals surface area contributed by atoms with Crippen molar-refractivity contribution in [1.82, 2.24) is 9.88 Å². The number of nitrogens with zero attached hydrogens (tertiary/aromatic N) is 2. The minimum atomic E-state index is 0.0434. The summed E-state index contributed by atoms with van der Waals surface area (Å²) in [7, 11) is 3.80. The van der Waals surface area contributed by atoms with E-state index in [1.54, 1.807) is 0 Å².